The Labute approximate surface area is 190 Å². The number of carbonyl (C=O) groups is 1. The van der Waals surface area contributed by atoms with Crippen LogP contribution in [0.5, 0.6) is 11.6 Å². The largest absolute Gasteiger partial charge is 0.438 e. The molecule has 1 fully saturated rings. The molecule has 0 saturated heterocycles. The van der Waals surface area contributed by atoms with E-state index in [1.54, 1.807) is 18.3 Å². The third-order valence-corrected chi connectivity index (χ3v) is 6.55. The number of pyridine rings is 1. The first kappa shape index (κ1) is 22.0. The zero-order valence-electron chi connectivity index (χ0n) is 18.8. The lowest BCUT2D eigenvalue weighted by molar-refractivity contribution is 0.0768. The highest BCUT2D eigenvalue weighted by atomic mass is 16.5. The fraction of sp³-hybridized carbons (Fsp3) is 0.333. The summed E-state index contributed by atoms with van der Waals surface area (Å²) in [4.78, 5) is 19.7. The van der Waals surface area contributed by atoms with Crippen LogP contribution in [-0.2, 0) is 6.42 Å². The van der Waals surface area contributed by atoms with Crippen molar-refractivity contribution in [1.29, 1.82) is 0 Å². The van der Waals surface area contributed by atoms with E-state index in [-0.39, 0.29) is 17.5 Å². The Balaban J connectivity index is 1.40. The average Bonchev–Trinajstić information content (AvgIpc) is 2.82. The van der Waals surface area contributed by atoms with Crippen molar-refractivity contribution in [2.75, 3.05) is 14.1 Å². The minimum atomic E-state index is -0.130. The van der Waals surface area contributed by atoms with Gasteiger partial charge in [0.15, 0.2) is 0 Å². The smallest absolute Gasteiger partial charge is 0.257 e. The minimum Gasteiger partial charge on any atom is -0.438 e. The van der Waals surface area contributed by atoms with Crippen LogP contribution in [0.15, 0.2) is 79.0 Å². The first-order valence-corrected chi connectivity index (χ1v) is 11.3. The number of hydrogen-bond donors (Lipinski definition) is 1. The number of carbonyl (C=O) groups excluding carboxylic acids is 1. The standard InChI is InChI=1S/C27H31N3O2/c1-30(2)27(20-21-10-5-3-6-11-21)17-15-22(16-18-27)29-25(31)24-14-9-19-28-26(24)32-23-12-7-4-8-13-23/h3-14,19,22H,15-18,20H2,1-2H3,(H,29,31). The number of benzene rings is 2. The van der Waals surface area contributed by atoms with E-state index in [2.05, 4.69) is 59.6 Å². The third kappa shape index (κ3) is 5.17. The van der Waals surface area contributed by atoms with Crippen LogP contribution < -0.4 is 10.1 Å². The van der Waals surface area contributed by atoms with Crippen LogP contribution in [0.25, 0.3) is 0 Å². The Morgan fingerprint density at radius 1 is 1.00 bits per heavy atom. The van der Waals surface area contributed by atoms with Gasteiger partial charge in [-0.1, -0.05) is 48.5 Å². The fourth-order valence-corrected chi connectivity index (χ4v) is 4.57. The van der Waals surface area contributed by atoms with Crippen LogP contribution in [0.2, 0.25) is 0 Å². The van der Waals surface area contributed by atoms with Gasteiger partial charge in [0.1, 0.15) is 11.3 Å². The number of aromatic nitrogens is 1. The van der Waals surface area contributed by atoms with Gasteiger partial charge in [0.05, 0.1) is 0 Å². The van der Waals surface area contributed by atoms with Gasteiger partial charge < -0.3 is 15.0 Å². The molecule has 1 aliphatic carbocycles. The molecule has 2 aromatic carbocycles. The summed E-state index contributed by atoms with van der Waals surface area (Å²) in [7, 11) is 4.34. The van der Waals surface area contributed by atoms with Crippen molar-refractivity contribution in [3.05, 3.63) is 90.1 Å². The second-order valence-electron chi connectivity index (χ2n) is 8.80. The van der Waals surface area contributed by atoms with Crippen molar-refractivity contribution in [2.45, 2.75) is 43.7 Å². The first-order valence-electron chi connectivity index (χ1n) is 11.3. The number of para-hydroxylation sites is 1. The molecule has 0 radical (unpaired) electrons. The Kier molecular flexibility index (Phi) is 6.86. The number of amides is 1. The molecule has 3 aromatic rings. The summed E-state index contributed by atoms with van der Waals surface area (Å²) >= 11 is 0. The van der Waals surface area contributed by atoms with E-state index < -0.39 is 0 Å². The average molecular weight is 430 g/mol. The molecule has 4 rings (SSSR count). The first-order chi connectivity index (χ1) is 15.6. The topological polar surface area (TPSA) is 54.5 Å². The highest BCUT2D eigenvalue weighted by Crippen LogP contribution is 2.35. The number of likely N-dealkylation sites (N-methyl/N-ethyl adjacent to an activating group) is 1. The van der Waals surface area contributed by atoms with Crippen molar-refractivity contribution in [2.24, 2.45) is 0 Å². The molecule has 5 nitrogen and oxygen atoms in total. The van der Waals surface area contributed by atoms with E-state index >= 15 is 0 Å². The van der Waals surface area contributed by atoms with Crippen LogP contribution >= 0.6 is 0 Å². The molecular weight excluding hydrogens is 398 g/mol. The maximum atomic E-state index is 13.1. The molecule has 1 N–H and O–H groups in total. The van der Waals surface area contributed by atoms with Gasteiger partial charge in [-0.15, -0.1) is 0 Å². The minimum absolute atomic E-state index is 0.123. The molecule has 0 aliphatic heterocycles. The molecule has 32 heavy (non-hydrogen) atoms. The van der Waals surface area contributed by atoms with Crippen LogP contribution in [0.3, 0.4) is 0 Å². The van der Waals surface area contributed by atoms with Gasteiger partial charge in [0.2, 0.25) is 5.88 Å². The maximum Gasteiger partial charge on any atom is 0.257 e. The molecule has 1 heterocycles. The van der Waals surface area contributed by atoms with Crippen molar-refractivity contribution in [1.82, 2.24) is 15.2 Å². The van der Waals surface area contributed by atoms with E-state index in [0.29, 0.717) is 17.2 Å². The summed E-state index contributed by atoms with van der Waals surface area (Å²) in [5.74, 6) is 0.864. The van der Waals surface area contributed by atoms with Crippen molar-refractivity contribution in [3.8, 4) is 11.6 Å². The van der Waals surface area contributed by atoms with Gasteiger partial charge in [-0.25, -0.2) is 4.98 Å². The number of rotatable bonds is 7. The van der Waals surface area contributed by atoms with Gasteiger partial charge in [-0.05, 0) is 76.0 Å². The van der Waals surface area contributed by atoms with E-state index in [9.17, 15) is 4.79 Å². The van der Waals surface area contributed by atoms with Gasteiger partial charge in [0, 0.05) is 17.8 Å². The predicted octanol–water partition coefficient (Wildman–Crippen LogP) is 5.09. The Morgan fingerprint density at radius 2 is 1.66 bits per heavy atom. The maximum absolute atomic E-state index is 13.1. The summed E-state index contributed by atoms with van der Waals surface area (Å²) < 4.78 is 5.87. The van der Waals surface area contributed by atoms with E-state index in [0.717, 1.165) is 32.1 Å². The predicted molar refractivity (Wildman–Crippen MR) is 127 cm³/mol. The van der Waals surface area contributed by atoms with Crippen LogP contribution in [-0.4, -0.2) is 41.5 Å². The number of nitrogens with zero attached hydrogens (tertiary/aromatic N) is 2. The third-order valence-electron chi connectivity index (χ3n) is 6.55. The van der Waals surface area contributed by atoms with Crippen LogP contribution in [0.4, 0.5) is 0 Å². The highest BCUT2D eigenvalue weighted by Gasteiger charge is 2.37. The molecule has 1 aromatic heterocycles. The summed E-state index contributed by atoms with van der Waals surface area (Å²) in [5.41, 5.74) is 1.95. The monoisotopic (exact) mass is 429 g/mol. The lowest BCUT2D eigenvalue weighted by atomic mass is 9.75. The normalized spacial score (nSPS) is 20.7. The second-order valence-corrected chi connectivity index (χ2v) is 8.80. The Morgan fingerprint density at radius 3 is 2.31 bits per heavy atom. The summed E-state index contributed by atoms with van der Waals surface area (Å²) in [6.45, 7) is 0. The Hall–Kier alpha value is -3.18. The second kappa shape index (κ2) is 9.96. The van der Waals surface area contributed by atoms with Gasteiger partial charge in [-0.2, -0.15) is 0 Å². The number of hydrogen-bond acceptors (Lipinski definition) is 4. The van der Waals surface area contributed by atoms with Gasteiger partial charge >= 0.3 is 0 Å². The number of ether oxygens (including phenoxy) is 1. The van der Waals surface area contributed by atoms with E-state index in [4.69, 9.17) is 4.74 Å². The fourth-order valence-electron chi connectivity index (χ4n) is 4.57. The molecular formula is C27H31N3O2. The van der Waals surface area contributed by atoms with E-state index in [1.807, 2.05) is 30.3 Å². The lowest BCUT2D eigenvalue weighted by Gasteiger charge is -2.45. The number of nitrogens with one attached hydrogen (secondary N) is 1. The molecule has 166 valence electrons. The molecule has 0 unspecified atom stereocenters. The van der Waals surface area contributed by atoms with E-state index in [1.165, 1.54) is 5.56 Å². The van der Waals surface area contributed by atoms with Crippen molar-refractivity contribution in [3.63, 3.8) is 0 Å². The molecule has 5 heteroatoms. The van der Waals surface area contributed by atoms with Crippen molar-refractivity contribution >= 4 is 5.91 Å². The molecule has 0 bridgehead atoms. The van der Waals surface area contributed by atoms with Gasteiger partial charge in [-0.3, -0.25) is 4.79 Å². The SMILES string of the molecule is CN(C)C1(Cc2ccccc2)CCC(NC(=O)c2cccnc2Oc2ccccc2)CC1. The summed E-state index contributed by atoms with van der Waals surface area (Å²) in [6.07, 6.45) is 6.65. The molecule has 0 atom stereocenters. The molecule has 1 saturated carbocycles. The zero-order valence-corrected chi connectivity index (χ0v) is 18.8. The lowest BCUT2D eigenvalue weighted by Crippen LogP contribution is -2.52. The van der Waals surface area contributed by atoms with Crippen LogP contribution in [0, 0.1) is 0 Å². The van der Waals surface area contributed by atoms with Crippen LogP contribution in [0.1, 0.15) is 41.6 Å². The van der Waals surface area contributed by atoms with Gasteiger partial charge in [0.25, 0.3) is 5.91 Å². The molecule has 1 aliphatic rings. The Bertz CT molecular complexity index is 1010. The summed E-state index contributed by atoms with van der Waals surface area (Å²) in [6, 6.07) is 23.8. The zero-order chi connectivity index (χ0) is 22.4. The van der Waals surface area contributed by atoms with Crippen molar-refractivity contribution < 1.29 is 9.53 Å². The molecule has 0 spiro atoms. The highest BCUT2D eigenvalue weighted by molar-refractivity contribution is 5.96. The summed E-state index contributed by atoms with van der Waals surface area (Å²) in [5, 5.41) is 3.22. The molecule has 1 amide bonds. The quantitative estimate of drug-likeness (QED) is 0.568.